The van der Waals surface area contributed by atoms with Gasteiger partial charge >= 0.3 is 0 Å². The number of nitrogens with one attached hydrogen (secondary N) is 1. The first-order valence-electron chi connectivity index (χ1n) is 8.60. The zero-order chi connectivity index (χ0) is 19.5. The van der Waals surface area contributed by atoms with Crippen molar-refractivity contribution in [3.63, 3.8) is 0 Å². The predicted molar refractivity (Wildman–Crippen MR) is 111 cm³/mol. The summed E-state index contributed by atoms with van der Waals surface area (Å²) >= 11 is 6.18. The monoisotopic (exact) mass is 389 g/mol. The fraction of sp³-hybridized carbons (Fsp3) is 0.0455. The van der Waals surface area contributed by atoms with Gasteiger partial charge in [-0.3, -0.25) is 9.78 Å². The van der Waals surface area contributed by atoms with Crippen molar-refractivity contribution < 1.29 is 9.53 Å². The first kappa shape index (κ1) is 17.9. The van der Waals surface area contributed by atoms with Gasteiger partial charge in [0, 0.05) is 28.5 Å². The molecule has 1 N–H and O–H groups in total. The van der Waals surface area contributed by atoms with E-state index < -0.39 is 0 Å². The first-order chi connectivity index (χ1) is 13.6. The third-order valence-electron chi connectivity index (χ3n) is 4.34. The Morgan fingerprint density at radius 2 is 1.75 bits per heavy atom. The lowest BCUT2D eigenvalue weighted by molar-refractivity contribution is 0.102. The molecule has 5 nitrogen and oxygen atoms in total. The van der Waals surface area contributed by atoms with Crippen molar-refractivity contribution in [1.82, 2.24) is 9.97 Å². The van der Waals surface area contributed by atoms with Crippen LogP contribution in [0.15, 0.2) is 73.1 Å². The van der Waals surface area contributed by atoms with Gasteiger partial charge in [0.05, 0.1) is 12.6 Å². The van der Waals surface area contributed by atoms with Crippen LogP contribution in [-0.4, -0.2) is 23.0 Å². The molecule has 0 bridgehead atoms. The molecule has 0 saturated heterocycles. The van der Waals surface area contributed by atoms with E-state index in [4.69, 9.17) is 16.3 Å². The number of rotatable bonds is 4. The summed E-state index contributed by atoms with van der Waals surface area (Å²) in [7, 11) is 1.60. The van der Waals surface area contributed by atoms with Crippen molar-refractivity contribution in [2.24, 2.45) is 0 Å². The van der Waals surface area contributed by atoms with Crippen LogP contribution >= 0.6 is 11.6 Å². The number of fused-ring (bicyclic) bond motifs is 1. The molecule has 2 aromatic carbocycles. The Morgan fingerprint density at radius 1 is 1.00 bits per heavy atom. The molecule has 0 aliphatic heterocycles. The number of anilines is 1. The van der Waals surface area contributed by atoms with Crippen molar-refractivity contribution in [3.8, 4) is 16.9 Å². The van der Waals surface area contributed by atoms with Gasteiger partial charge < -0.3 is 10.1 Å². The molecule has 0 atom stereocenters. The van der Waals surface area contributed by atoms with Crippen LogP contribution in [-0.2, 0) is 0 Å². The normalized spacial score (nSPS) is 10.6. The number of methoxy groups -OCH3 is 1. The molecule has 4 aromatic rings. The Morgan fingerprint density at radius 3 is 2.46 bits per heavy atom. The molecular weight excluding hydrogens is 374 g/mol. The Balaban J connectivity index is 1.76. The van der Waals surface area contributed by atoms with Gasteiger partial charge in [-0.05, 0) is 71.8 Å². The van der Waals surface area contributed by atoms with Crippen LogP contribution in [0.2, 0.25) is 5.02 Å². The second-order valence-corrected chi connectivity index (χ2v) is 6.57. The molecular formula is C22H16ClN3O2. The predicted octanol–water partition coefficient (Wildman–Crippen LogP) is 5.21. The maximum atomic E-state index is 12.8. The average molecular weight is 390 g/mol. The summed E-state index contributed by atoms with van der Waals surface area (Å²) in [5, 5.41) is 4.35. The maximum absolute atomic E-state index is 12.8. The van der Waals surface area contributed by atoms with Crippen LogP contribution < -0.4 is 10.1 Å². The molecule has 1 amide bonds. The number of carbonyl (C=O) groups excluding carboxylic acids is 1. The fourth-order valence-corrected chi connectivity index (χ4v) is 3.13. The van der Waals surface area contributed by atoms with E-state index in [1.807, 2.05) is 24.3 Å². The van der Waals surface area contributed by atoms with Crippen LogP contribution in [0.5, 0.6) is 5.75 Å². The largest absolute Gasteiger partial charge is 0.497 e. The van der Waals surface area contributed by atoms with Gasteiger partial charge in [-0.25, -0.2) is 4.98 Å². The minimum Gasteiger partial charge on any atom is -0.497 e. The minimum absolute atomic E-state index is 0.294. The molecule has 0 radical (unpaired) electrons. The second-order valence-electron chi connectivity index (χ2n) is 6.14. The molecule has 0 saturated carbocycles. The Labute approximate surface area is 167 Å². The van der Waals surface area contributed by atoms with Gasteiger partial charge in [0.25, 0.3) is 5.91 Å². The summed E-state index contributed by atoms with van der Waals surface area (Å²) in [6.45, 7) is 0. The fourth-order valence-electron chi connectivity index (χ4n) is 2.95. The number of nitrogens with zero attached hydrogens (tertiary/aromatic N) is 2. The molecule has 0 aliphatic rings. The van der Waals surface area contributed by atoms with Gasteiger partial charge in [0.1, 0.15) is 11.4 Å². The summed E-state index contributed by atoms with van der Waals surface area (Å²) in [6, 6.07) is 18.1. The van der Waals surface area contributed by atoms with E-state index in [0.717, 1.165) is 22.3 Å². The lowest BCUT2D eigenvalue weighted by Gasteiger charge is -2.11. The molecule has 28 heavy (non-hydrogen) atoms. The van der Waals surface area contributed by atoms with Crippen LogP contribution in [0.1, 0.15) is 10.5 Å². The SMILES string of the molecule is COc1ccc(NC(=O)c2cc(-c3ccncc3)c3cc(Cl)ccc3n2)cc1. The number of carbonyl (C=O) groups is 1. The Kier molecular flexibility index (Phi) is 4.91. The summed E-state index contributed by atoms with van der Waals surface area (Å²) in [6.07, 6.45) is 3.42. The van der Waals surface area contributed by atoms with Crippen molar-refractivity contribution in [1.29, 1.82) is 0 Å². The van der Waals surface area contributed by atoms with Crippen molar-refractivity contribution in [2.75, 3.05) is 12.4 Å². The third-order valence-corrected chi connectivity index (χ3v) is 4.58. The van der Waals surface area contributed by atoms with Gasteiger partial charge in [0.15, 0.2) is 0 Å². The van der Waals surface area contributed by atoms with E-state index in [2.05, 4.69) is 15.3 Å². The Hall–Kier alpha value is -3.44. The summed E-state index contributed by atoms with van der Waals surface area (Å²) in [5.74, 6) is 0.427. The van der Waals surface area contributed by atoms with Gasteiger partial charge in [-0.1, -0.05) is 11.6 Å². The smallest absolute Gasteiger partial charge is 0.274 e. The van der Waals surface area contributed by atoms with E-state index >= 15 is 0 Å². The molecule has 138 valence electrons. The van der Waals surface area contributed by atoms with Crippen LogP contribution in [0.25, 0.3) is 22.0 Å². The highest BCUT2D eigenvalue weighted by atomic mass is 35.5. The highest BCUT2D eigenvalue weighted by Gasteiger charge is 2.14. The number of ether oxygens (including phenoxy) is 1. The molecule has 0 unspecified atom stereocenters. The molecule has 0 spiro atoms. The lowest BCUT2D eigenvalue weighted by Crippen LogP contribution is -2.14. The van der Waals surface area contributed by atoms with E-state index in [-0.39, 0.29) is 5.91 Å². The average Bonchev–Trinajstić information content (AvgIpc) is 2.74. The maximum Gasteiger partial charge on any atom is 0.274 e. The van der Waals surface area contributed by atoms with Gasteiger partial charge in [-0.15, -0.1) is 0 Å². The third kappa shape index (κ3) is 3.66. The molecule has 2 aromatic heterocycles. The summed E-state index contributed by atoms with van der Waals surface area (Å²) < 4.78 is 5.14. The molecule has 4 rings (SSSR count). The highest BCUT2D eigenvalue weighted by molar-refractivity contribution is 6.31. The Bertz CT molecular complexity index is 1150. The lowest BCUT2D eigenvalue weighted by atomic mass is 10.0. The standard InChI is InChI=1S/C22H16ClN3O2/c1-28-17-5-3-16(4-6-17)25-22(27)21-13-18(14-8-10-24-11-9-14)19-12-15(23)2-7-20(19)26-21/h2-13H,1H3,(H,25,27). The summed E-state index contributed by atoms with van der Waals surface area (Å²) in [5.41, 5.74) is 3.48. The zero-order valence-electron chi connectivity index (χ0n) is 15.0. The zero-order valence-corrected chi connectivity index (χ0v) is 15.8. The van der Waals surface area contributed by atoms with Gasteiger partial charge in [-0.2, -0.15) is 0 Å². The number of benzene rings is 2. The first-order valence-corrected chi connectivity index (χ1v) is 8.98. The quantitative estimate of drug-likeness (QED) is 0.520. The minimum atomic E-state index is -0.294. The number of halogens is 1. The van der Waals surface area contributed by atoms with Crippen LogP contribution in [0, 0.1) is 0 Å². The van der Waals surface area contributed by atoms with Crippen LogP contribution in [0.4, 0.5) is 5.69 Å². The van der Waals surface area contributed by atoms with E-state index in [9.17, 15) is 4.79 Å². The highest BCUT2D eigenvalue weighted by Crippen LogP contribution is 2.30. The number of amides is 1. The number of aromatic nitrogens is 2. The summed E-state index contributed by atoms with van der Waals surface area (Å²) in [4.78, 5) is 21.4. The number of hydrogen-bond donors (Lipinski definition) is 1. The number of hydrogen-bond acceptors (Lipinski definition) is 4. The molecule has 2 heterocycles. The van der Waals surface area contributed by atoms with E-state index in [0.29, 0.717) is 21.9 Å². The topological polar surface area (TPSA) is 64.1 Å². The second kappa shape index (κ2) is 7.66. The van der Waals surface area contributed by atoms with E-state index in [1.54, 1.807) is 55.9 Å². The molecule has 6 heteroatoms. The molecule has 0 fully saturated rings. The molecule has 0 aliphatic carbocycles. The van der Waals surface area contributed by atoms with Crippen molar-refractivity contribution in [3.05, 3.63) is 83.8 Å². The van der Waals surface area contributed by atoms with Crippen LogP contribution in [0.3, 0.4) is 0 Å². The van der Waals surface area contributed by atoms with E-state index in [1.165, 1.54) is 0 Å². The van der Waals surface area contributed by atoms with Crippen molar-refractivity contribution in [2.45, 2.75) is 0 Å². The van der Waals surface area contributed by atoms with Crippen molar-refractivity contribution >= 4 is 34.1 Å². The number of pyridine rings is 2. The van der Waals surface area contributed by atoms with Gasteiger partial charge in [0.2, 0.25) is 0 Å².